The Labute approximate surface area is 207 Å². The van der Waals surface area contributed by atoms with Crippen molar-refractivity contribution in [1.82, 2.24) is 4.98 Å². The first-order valence-corrected chi connectivity index (χ1v) is 12.1. The number of anilines is 1. The van der Waals surface area contributed by atoms with Crippen molar-refractivity contribution >= 4 is 44.1 Å². The molecule has 1 fully saturated rings. The van der Waals surface area contributed by atoms with E-state index in [0.29, 0.717) is 22.0 Å². The van der Waals surface area contributed by atoms with E-state index in [1.165, 1.54) is 21.8 Å². The van der Waals surface area contributed by atoms with Gasteiger partial charge in [0.1, 0.15) is 11.5 Å². The van der Waals surface area contributed by atoms with Crippen LogP contribution in [0.3, 0.4) is 0 Å². The Kier molecular flexibility index (Phi) is 5.86. The monoisotopic (exact) mass is 484 g/mol. The number of thiazole rings is 1. The highest BCUT2D eigenvalue weighted by atomic mass is 32.1. The van der Waals surface area contributed by atoms with Gasteiger partial charge in [-0.15, -0.1) is 0 Å². The number of aryl methyl sites for hydroxylation is 2. The Balaban J connectivity index is 1.70. The number of aliphatic hydroxyl groups excluding tert-OH is 1. The minimum atomic E-state index is -0.826. The van der Waals surface area contributed by atoms with Crippen LogP contribution in [-0.4, -0.2) is 28.9 Å². The first-order valence-electron chi connectivity index (χ1n) is 11.3. The molecule has 0 aliphatic carbocycles. The second-order valence-corrected chi connectivity index (χ2v) is 9.47. The molecule has 1 aliphatic heterocycles. The lowest BCUT2D eigenvalue weighted by Gasteiger charge is -2.23. The number of carbonyl (C=O) groups is 2. The van der Waals surface area contributed by atoms with Gasteiger partial charge in [-0.05, 0) is 48.7 Å². The summed E-state index contributed by atoms with van der Waals surface area (Å²) in [5, 5.41) is 11.7. The molecule has 2 heterocycles. The second-order valence-electron chi connectivity index (χ2n) is 8.46. The molecular weight excluding hydrogens is 460 g/mol. The fourth-order valence-electron chi connectivity index (χ4n) is 4.28. The summed E-state index contributed by atoms with van der Waals surface area (Å²) in [6.07, 6.45) is 0.885. The molecule has 0 bridgehead atoms. The van der Waals surface area contributed by atoms with Crippen LogP contribution in [0.4, 0.5) is 5.13 Å². The molecule has 0 unspecified atom stereocenters. The van der Waals surface area contributed by atoms with Gasteiger partial charge in [-0.1, -0.05) is 66.3 Å². The number of benzene rings is 3. The fourth-order valence-corrected chi connectivity index (χ4v) is 5.33. The maximum absolute atomic E-state index is 13.4. The molecule has 0 radical (unpaired) electrons. The third-order valence-electron chi connectivity index (χ3n) is 6.26. The van der Waals surface area contributed by atoms with Gasteiger partial charge in [0.05, 0.1) is 28.9 Å². The minimum absolute atomic E-state index is 0.0394. The van der Waals surface area contributed by atoms with E-state index >= 15 is 0 Å². The number of Topliss-reactive ketones (excluding diaryl/α,β-unsaturated/α-hetero) is 1. The molecule has 176 valence electrons. The molecule has 1 amide bonds. The highest BCUT2D eigenvalue weighted by Crippen LogP contribution is 2.44. The van der Waals surface area contributed by atoms with Crippen LogP contribution >= 0.6 is 11.3 Å². The molecule has 0 spiro atoms. The SMILES string of the molecule is CCc1ccc2nc(N3C(=O)C(=O)C(=C(O)c4ccc(C)cc4)[C@@H]3c3ccc(OC)cc3)sc2c1. The van der Waals surface area contributed by atoms with Crippen LogP contribution in [0.1, 0.15) is 35.2 Å². The maximum Gasteiger partial charge on any atom is 0.301 e. The number of methoxy groups -OCH3 is 1. The van der Waals surface area contributed by atoms with E-state index in [0.717, 1.165) is 22.2 Å². The third-order valence-corrected chi connectivity index (χ3v) is 7.27. The molecule has 5 rings (SSSR count). The zero-order valence-electron chi connectivity index (χ0n) is 19.6. The zero-order valence-corrected chi connectivity index (χ0v) is 20.4. The van der Waals surface area contributed by atoms with Crippen molar-refractivity contribution in [3.05, 3.63) is 94.6 Å². The Morgan fingerprint density at radius 2 is 1.77 bits per heavy atom. The summed E-state index contributed by atoms with van der Waals surface area (Å²) in [6, 6.07) is 19.5. The van der Waals surface area contributed by atoms with E-state index < -0.39 is 17.7 Å². The lowest BCUT2D eigenvalue weighted by atomic mass is 9.95. The standard InChI is InChI=1S/C28H24N2O4S/c1-4-17-7-14-21-22(15-17)35-28(29-21)30-24(18-10-12-20(34-3)13-11-18)23(26(32)27(30)33)25(31)19-8-5-16(2)6-9-19/h5-15,24,31H,4H2,1-3H3/t24-/m0/s1. The first kappa shape index (κ1) is 22.8. The van der Waals surface area contributed by atoms with Crippen LogP contribution in [0.2, 0.25) is 0 Å². The zero-order chi connectivity index (χ0) is 24.7. The molecule has 1 atom stereocenters. The van der Waals surface area contributed by atoms with Crippen LogP contribution in [0.25, 0.3) is 16.0 Å². The van der Waals surface area contributed by atoms with Gasteiger partial charge in [0, 0.05) is 5.56 Å². The first-order chi connectivity index (χ1) is 16.9. The lowest BCUT2D eigenvalue weighted by Crippen LogP contribution is -2.29. The molecule has 35 heavy (non-hydrogen) atoms. The van der Waals surface area contributed by atoms with E-state index in [4.69, 9.17) is 4.74 Å². The Hall–Kier alpha value is -3.97. The molecule has 1 N–H and O–H groups in total. The number of ketones is 1. The molecule has 1 saturated heterocycles. The molecule has 1 aliphatic rings. The Morgan fingerprint density at radius 3 is 2.43 bits per heavy atom. The predicted molar refractivity (Wildman–Crippen MR) is 138 cm³/mol. The van der Waals surface area contributed by atoms with E-state index in [-0.39, 0.29) is 11.3 Å². The van der Waals surface area contributed by atoms with Gasteiger partial charge in [0.25, 0.3) is 5.78 Å². The highest BCUT2D eigenvalue weighted by molar-refractivity contribution is 7.22. The summed E-state index contributed by atoms with van der Waals surface area (Å²) in [5.74, 6) is -1.01. The van der Waals surface area contributed by atoms with Crippen LogP contribution in [0.5, 0.6) is 5.75 Å². The number of aromatic nitrogens is 1. The van der Waals surface area contributed by atoms with Gasteiger partial charge in [-0.2, -0.15) is 0 Å². The summed E-state index contributed by atoms with van der Waals surface area (Å²) < 4.78 is 6.22. The van der Waals surface area contributed by atoms with Gasteiger partial charge in [0.15, 0.2) is 5.13 Å². The molecule has 3 aromatic carbocycles. The number of fused-ring (bicyclic) bond motifs is 1. The van der Waals surface area contributed by atoms with Crippen LogP contribution < -0.4 is 9.64 Å². The number of ether oxygens (including phenoxy) is 1. The van der Waals surface area contributed by atoms with Crippen molar-refractivity contribution in [3.8, 4) is 5.75 Å². The topological polar surface area (TPSA) is 79.7 Å². The number of aliphatic hydroxyl groups is 1. The quantitative estimate of drug-likeness (QED) is 0.220. The van der Waals surface area contributed by atoms with Crippen molar-refractivity contribution < 1.29 is 19.4 Å². The van der Waals surface area contributed by atoms with Crippen molar-refractivity contribution in [3.63, 3.8) is 0 Å². The highest BCUT2D eigenvalue weighted by Gasteiger charge is 2.48. The largest absolute Gasteiger partial charge is 0.507 e. The lowest BCUT2D eigenvalue weighted by molar-refractivity contribution is -0.132. The van der Waals surface area contributed by atoms with Gasteiger partial charge in [0.2, 0.25) is 0 Å². The van der Waals surface area contributed by atoms with Gasteiger partial charge >= 0.3 is 5.91 Å². The minimum Gasteiger partial charge on any atom is -0.507 e. The normalized spacial score (nSPS) is 17.3. The number of hydrogen-bond donors (Lipinski definition) is 1. The van der Waals surface area contributed by atoms with E-state index in [1.54, 1.807) is 43.5 Å². The van der Waals surface area contributed by atoms with Crippen molar-refractivity contribution in [2.24, 2.45) is 0 Å². The van der Waals surface area contributed by atoms with Crippen LogP contribution in [0, 0.1) is 6.92 Å². The average Bonchev–Trinajstić information content (AvgIpc) is 3.41. The molecule has 6 nitrogen and oxygen atoms in total. The maximum atomic E-state index is 13.4. The number of nitrogens with zero attached hydrogens (tertiary/aromatic N) is 2. The van der Waals surface area contributed by atoms with Gasteiger partial charge in [-0.25, -0.2) is 4.98 Å². The van der Waals surface area contributed by atoms with Crippen LogP contribution in [0.15, 0.2) is 72.3 Å². The summed E-state index contributed by atoms with van der Waals surface area (Å²) in [5.41, 5.74) is 4.14. The summed E-state index contributed by atoms with van der Waals surface area (Å²) in [6.45, 7) is 4.02. The number of hydrogen-bond acceptors (Lipinski definition) is 6. The molecule has 0 saturated carbocycles. The molecule has 1 aromatic heterocycles. The molecule has 4 aromatic rings. The Bertz CT molecular complexity index is 1470. The predicted octanol–water partition coefficient (Wildman–Crippen LogP) is 5.80. The fraction of sp³-hybridized carbons (Fsp3) is 0.179. The number of rotatable bonds is 5. The van der Waals surface area contributed by atoms with Crippen molar-refractivity contribution in [2.75, 3.05) is 12.0 Å². The second kappa shape index (κ2) is 9.00. The number of amides is 1. The average molecular weight is 485 g/mol. The molecular formula is C28H24N2O4S. The van der Waals surface area contributed by atoms with E-state index in [9.17, 15) is 14.7 Å². The third kappa shape index (κ3) is 3.98. The van der Waals surface area contributed by atoms with Crippen molar-refractivity contribution in [2.45, 2.75) is 26.3 Å². The van der Waals surface area contributed by atoms with Crippen molar-refractivity contribution in [1.29, 1.82) is 0 Å². The molecule has 7 heteroatoms. The van der Waals surface area contributed by atoms with Crippen LogP contribution in [-0.2, 0) is 16.0 Å². The van der Waals surface area contributed by atoms with Gasteiger partial charge in [-0.3, -0.25) is 14.5 Å². The van der Waals surface area contributed by atoms with Gasteiger partial charge < -0.3 is 9.84 Å². The summed E-state index contributed by atoms with van der Waals surface area (Å²) in [4.78, 5) is 32.8. The summed E-state index contributed by atoms with van der Waals surface area (Å²) >= 11 is 1.36. The smallest absolute Gasteiger partial charge is 0.301 e. The van der Waals surface area contributed by atoms with E-state index in [1.807, 2.05) is 31.2 Å². The summed E-state index contributed by atoms with van der Waals surface area (Å²) in [7, 11) is 1.57. The number of carbonyl (C=O) groups excluding carboxylic acids is 2. The van der Waals surface area contributed by atoms with E-state index in [2.05, 4.69) is 18.0 Å². The Morgan fingerprint density at radius 1 is 1.06 bits per heavy atom.